The van der Waals surface area contributed by atoms with Crippen LogP contribution in [0.5, 0.6) is 0 Å². The van der Waals surface area contributed by atoms with Gasteiger partial charge in [-0.05, 0) is 51.4 Å². The van der Waals surface area contributed by atoms with Gasteiger partial charge in [0.15, 0.2) is 0 Å². The van der Waals surface area contributed by atoms with E-state index in [1.165, 1.54) is 19.3 Å². The van der Waals surface area contributed by atoms with E-state index in [9.17, 15) is 4.79 Å². The Hall–Kier alpha value is -1.11. The standard InChI is InChI=1S/C18H30N4O2.ClH/c1-11-17(12(2)22(21-11)7-8-24-3)20-18(23)15-9-13-5-4-6-14(10-15)16(13)19;/h13-16H,4-10,19H2,1-3H3,(H,20,23);1H. The molecule has 2 unspecified atom stereocenters. The summed E-state index contributed by atoms with van der Waals surface area (Å²) < 4.78 is 7.02. The molecule has 2 atom stereocenters. The summed E-state index contributed by atoms with van der Waals surface area (Å²) in [4.78, 5) is 12.8. The van der Waals surface area contributed by atoms with Crippen molar-refractivity contribution in [3.05, 3.63) is 11.4 Å². The summed E-state index contributed by atoms with van der Waals surface area (Å²) in [7, 11) is 1.68. The molecule has 0 saturated heterocycles. The fourth-order valence-electron chi connectivity index (χ4n) is 4.50. The van der Waals surface area contributed by atoms with Crippen LogP contribution in [-0.4, -0.2) is 35.4 Å². The van der Waals surface area contributed by atoms with Crippen molar-refractivity contribution in [3.63, 3.8) is 0 Å². The molecule has 1 aromatic rings. The summed E-state index contributed by atoms with van der Waals surface area (Å²) in [6.45, 7) is 5.24. The monoisotopic (exact) mass is 370 g/mol. The largest absolute Gasteiger partial charge is 0.383 e. The quantitative estimate of drug-likeness (QED) is 0.834. The van der Waals surface area contributed by atoms with E-state index in [2.05, 4.69) is 10.4 Å². The fraction of sp³-hybridized carbons (Fsp3) is 0.778. The number of fused-ring (bicyclic) bond motifs is 2. The van der Waals surface area contributed by atoms with Gasteiger partial charge in [-0.25, -0.2) is 0 Å². The maximum Gasteiger partial charge on any atom is 0.227 e. The molecule has 142 valence electrons. The number of hydrogen-bond donors (Lipinski definition) is 2. The lowest BCUT2D eigenvalue weighted by molar-refractivity contribution is -0.122. The number of nitrogens with zero attached hydrogens (tertiary/aromatic N) is 2. The van der Waals surface area contributed by atoms with Gasteiger partial charge in [-0.3, -0.25) is 9.48 Å². The van der Waals surface area contributed by atoms with Gasteiger partial charge in [0.2, 0.25) is 5.91 Å². The van der Waals surface area contributed by atoms with E-state index in [0.29, 0.717) is 31.0 Å². The van der Waals surface area contributed by atoms with Gasteiger partial charge in [0.1, 0.15) is 0 Å². The average molecular weight is 371 g/mol. The predicted molar refractivity (Wildman–Crippen MR) is 101 cm³/mol. The number of aromatic nitrogens is 2. The summed E-state index contributed by atoms with van der Waals surface area (Å²) in [5.74, 6) is 1.25. The number of nitrogens with two attached hydrogens (primary N) is 1. The zero-order valence-electron chi connectivity index (χ0n) is 15.5. The number of amides is 1. The Balaban J connectivity index is 0.00000225. The first-order chi connectivity index (χ1) is 11.5. The number of aryl methyl sites for hydroxylation is 1. The van der Waals surface area contributed by atoms with E-state index in [1.807, 2.05) is 18.5 Å². The summed E-state index contributed by atoms with van der Waals surface area (Å²) in [5, 5.41) is 7.66. The molecule has 1 amide bonds. The number of nitrogens with one attached hydrogen (secondary N) is 1. The normalized spacial score (nSPS) is 28.3. The molecule has 2 aliphatic carbocycles. The van der Waals surface area contributed by atoms with Crippen LogP contribution in [-0.2, 0) is 16.1 Å². The molecule has 3 rings (SSSR count). The number of carbonyl (C=O) groups is 1. The third-order valence-corrected chi connectivity index (χ3v) is 5.92. The maximum atomic E-state index is 12.8. The lowest BCUT2D eigenvalue weighted by Crippen LogP contribution is -2.48. The Kier molecular flexibility index (Phi) is 6.88. The Morgan fingerprint density at radius 1 is 1.32 bits per heavy atom. The lowest BCUT2D eigenvalue weighted by atomic mass is 9.65. The van der Waals surface area contributed by atoms with Gasteiger partial charge in [-0.1, -0.05) is 6.42 Å². The molecule has 1 aromatic heterocycles. The van der Waals surface area contributed by atoms with Crippen LogP contribution in [0.1, 0.15) is 43.5 Å². The molecule has 2 bridgehead atoms. The van der Waals surface area contributed by atoms with Crippen molar-refractivity contribution < 1.29 is 9.53 Å². The van der Waals surface area contributed by atoms with Crippen molar-refractivity contribution in [3.8, 4) is 0 Å². The van der Waals surface area contributed by atoms with E-state index in [0.717, 1.165) is 29.9 Å². The van der Waals surface area contributed by atoms with E-state index < -0.39 is 0 Å². The van der Waals surface area contributed by atoms with Crippen molar-refractivity contribution in [2.24, 2.45) is 23.5 Å². The molecule has 2 aliphatic rings. The molecule has 2 fully saturated rings. The fourth-order valence-corrected chi connectivity index (χ4v) is 4.50. The number of halogens is 1. The van der Waals surface area contributed by atoms with Gasteiger partial charge < -0.3 is 15.8 Å². The van der Waals surface area contributed by atoms with Gasteiger partial charge in [0.25, 0.3) is 0 Å². The molecule has 1 heterocycles. The van der Waals surface area contributed by atoms with E-state index in [4.69, 9.17) is 10.5 Å². The molecular weight excluding hydrogens is 340 g/mol. The van der Waals surface area contributed by atoms with E-state index in [1.54, 1.807) is 7.11 Å². The van der Waals surface area contributed by atoms with Gasteiger partial charge in [-0.15, -0.1) is 12.4 Å². The van der Waals surface area contributed by atoms with Crippen molar-refractivity contribution in [2.75, 3.05) is 19.0 Å². The van der Waals surface area contributed by atoms with Crippen LogP contribution in [0.25, 0.3) is 0 Å². The number of anilines is 1. The minimum Gasteiger partial charge on any atom is -0.383 e. The van der Waals surface area contributed by atoms with Crippen LogP contribution in [0.3, 0.4) is 0 Å². The summed E-state index contributed by atoms with van der Waals surface area (Å²) in [5.41, 5.74) is 9.05. The van der Waals surface area contributed by atoms with E-state index >= 15 is 0 Å². The maximum absolute atomic E-state index is 12.8. The highest BCUT2D eigenvalue weighted by Gasteiger charge is 2.40. The molecule has 25 heavy (non-hydrogen) atoms. The molecular formula is C18H31ClN4O2. The highest BCUT2D eigenvalue weighted by Crippen LogP contribution is 2.42. The number of hydrogen-bond acceptors (Lipinski definition) is 4. The number of carbonyl (C=O) groups excluding carboxylic acids is 1. The average Bonchev–Trinajstić information content (AvgIpc) is 2.80. The van der Waals surface area contributed by atoms with Gasteiger partial charge in [0, 0.05) is 19.1 Å². The summed E-state index contributed by atoms with van der Waals surface area (Å²) in [6.07, 6.45) is 5.48. The van der Waals surface area contributed by atoms with Crippen LogP contribution < -0.4 is 11.1 Å². The van der Waals surface area contributed by atoms with Crippen LogP contribution in [0.2, 0.25) is 0 Å². The Morgan fingerprint density at radius 2 is 1.96 bits per heavy atom. The topological polar surface area (TPSA) is 82.2 Å². The van der Waals surface area contributed by atoms with Crippen molar-refractivity contribution in [2.45, 2.75) is 58.5 Å². The zero-order valence-corrected chi connectivity index (χ0v) is 16.3. The summed E-state index contributed by atoms with van der Waals surface area (Å²) >= 11 is 0. The molecule has 0 radical (unpaired) electrons. The molecule has 0 spiro atoms. The second-order valence-electron chi connectivity index (χ2n) is 7.45. The van der Waals surface area contributed by atoms with Crippen LogP contribution in [0.4, 0.5) is 5.69 Å². The zero-order chi connectivity index (χ0) is 17.3. The third kappa shape index (κ3) is 4.18. The van der Waals surface area contributed by atoms with Gasteiger partial charge >= 0.3 is 0 Å². The minimum atomic E-state index is 0. The number of rotatable bonds is 5. The first-order valence-corrected chi connectivity index (χ1v) is 9.10. The van der Waals surface area contributed by atoms with Gasteiger partial charge in [-0.2, -0.15) is 5.10 Å². The van der Waals surface area contributed by atoms with Crippen molar-refractivity contribution >= 4 is 24.0 Å². The van der Waals surface area contributed by atoms with Crippen LogP contribution in [0, 0.1) is 31.6 Å². The first kappa shape index (κ1) is 20.2. The van der Waals surface area contributed by atoms with Crippen molar-refractivity contribution in [1.82, 2.24) is 9.78 Å². The molecule has 3 N–H and O–H groups in total. The van der Waals surface area contributed by atoms with Crippen LogP contribution >= 0.6 is 12.4 Å². The first-order valence-electron chi connectivity index (χ1n) is 9.10. The Bertz CT molecular complexity index is 590. The second-order valence-corrected chi connectivity index (χ2v) is 7.45. The highest BCUT2D eigenvalue weighted by atomic mass is 35.5. The molecule has 0 aliphatic heterocycles. The summed E-state index contributed by atoms with van der Waals surface area (Å²) in [6, 6.07) is 0.295. The SMILES string of the molecule is COCCn1nc(C)c(NC(=O)C2CC3CCCC(C2)C3N)c1C.Cl. The lowest BCUT2D eigenvalue weighted by Gasteiger charge is -2.43. The Labute approximate surface area is 156 Å². The molecule has 6 nitrogen and oxygen atoms in total. The third-order valence-electron chi connectivity index (χ3n) is 5.92. The van der Waals surface area contributed by atoms with E-state index in [-0.39, 0.29) is 24.2 Å². The molecule has 7 heteroatoms. The smallest absolute Gasteiger partial charge is 0.227 e. The minimum absolute atomic E-state index is 0. The number of methoxy groups -OCH3 is 1. The molecule has 2 saturated carbocycles. The second kappa shape index (κ2) is 8.52. The Morgan fingerprint density at radius 3 is 2.56 bits per heavy atom. The van der Waals surface area contributed by atoms with Crippen molar-refractivity contribution in [1.29, 1.82) is 0 Å². The van der Waals surface area contributed by atoms with Crippen LogP contribution in [0.15, 0.2) is 0 Å². The van der Waals surface area contributed by atoms with Gasteiger partial charge in [0.05, 0.1) is 30.2 Å². The number of ether oxygens (including phenoxy) is 1. The molecule has 0 aromatic carbocycles. The highest BCUT2D eigenvalue weighted by molar-refractivity contribution is 5.93. The predicted octanol–water partition coefficient (Wildman–Crippen LogP) is 2.66.